The molecule has 0 saturated carbocycles. The fourth-order valence-corrected chi connectivity index (χ4v) is 4.79. The molecule has 11 heteroatoms. The number of hydrogen-bond donors (Lipinski definition) is 1. The van der Waals surface area contributed by atoms with Crippen molar-refractivity contribution in [3.63, 3.8) is 0 Å². The van der Waals surface area contributed by atoms with Crippen molar-refractivity contribution in [1.29, 1.82) is 5.26 Å². The fourth-order valence-electron chi connectivity index (χ4n) is 4.79. The van der Waals surface area contributed by atoms with E-state index in [2.05, 4.69) is 16.3 Å². The zero-order chi connectivity index (χ0) is 29.7. The van der Waals surface area contributed by atoms with Crippen LogP contribution in [0.5, 0.6) is 0 Å². The van der Waals surface area contributed by atoms with Crippen molar-refractivity contribution < 1.29 is 27.2 Å². The molecule has 41 heavy (non-hydrogen) atoms. The van der Waals surface area contributed by atoms with E-state index in [4.69, 9.17) is 0 Å². The van der Waals surface area contributed by atoms with Gasteiger partial charge in [0.15, 0.2) is 0 Å². The number of rotatable bonds is 7. The summed E-state index contributed by atoms with van der Waals surface area (Å²) >= 11 is 0. The lowest BCUT2D eigenvalue weighted by Crippen LogP contribution is -2.42. The first-order valence-electron chi connectivity index (χ1n) is 13.0. The first kappa shape index (κ1) is 29.6. The van der Waals surface area contributed by atoms with E-state index in [9.17, 15) is 32.4 Å². The molecule has 1 saturated heterocycles. The van der Waals surface area contributed by atoms with Gasteiger partial charge in [-0.05, 0) is 60.0 Å². The van der Waals surface area contributed by atoms with Gasteiger partial charge in [0.2, 0.25) is 5.91 Å². The largest absolute Gasteiger partial charge is 0.419 e. The number of nitrogens with zero attached hydrogens (tertiary/aromatic N) is 4. The van der Waals surface area contributed by atoms with Gasteiger partial charge in [-0.15, -0.1) is 0 Å². The van der Waals surface area contributed by atoms with Crippen molar-refractivity contribution in [2.45, 2.75) is 25.6 Å². The second-order valence-corrected chi connectivity index (χ2v) is 9.89. The average molecular weight is 568 g/mol. The van der Waals surface area contributed by atoms with Gasteiger partial charge in [-0.1, -0.05) is 24.3 Å². The molecule has 0 unspecified atom stereocenters. The Morgan fingerprint density at radius 3 is 2.46 bits per heavy atom. The number of hydrogen-bond acceptors (Lipinski definition) is 4. The molecule has 214 valence electrons. The Kier molecular flexibility index (Phi) is 8.93. The first-order chi connectivity index (χ1) is 19.5. The first-order valence-corrected chi connectivity index (χ1v) is 13.0. The minimum Gasteiger partial charge on any atom is -0.342 e. The van der Waals surface area contributed by atoms with Gasteiger partial charge in [0.25, 0.3) is 0 Å². The molecule has 3 aromatic rings. The lowest BCUT2D eigenvalue weighted by molar-refractivity contribution is -0.140. The van der Waals surface area contributed by atoms with Crippen LogP contribution in [0.1, 0.15) is 24.5 Å². The lowest BCUT2D eigenvalue weighted by atomic mass is 10.0. The van der Waals surface area contributed by atoms with Crippen LogP contribution in [0.4, 0.5) is 33.7 Å². The van der Waals surface area contributed by atoms with Crippen LogP contribution in [0.2, 0.25) is 0 Å². The highest BCUT2D eigenvalue weighted by atomic mass is 19.4. The number of nitrogens with one attached hydrogen (secondary N) is 1. The Hall–Kier alpha value is -4.43. The van der Waals surface area contributed by atoms with Gasteiger partial charge in [0, 0.05) is 57.6 Å². The molecule has 0 bridgehead atoms. The van der Waals surface area contributed by atoms with Crippen molar-refractivity contribution in [2.75, 3.05) is 43.4 Å². The summed E-state index contributed by atoms with van der Waals surface area (Å²) in [5.41, 5.74) is 0.970. The van der Waals surface area contributed by atoms with E-state index in [0.717, 1.165) is 30.2 Å². The molecule has 0 aromatic heterocycles. The number of alkyl halides is 3. The summed E-state index contributed by atoms with van der Waals surface area (Å²) in [5.74, 6) is -1.46. The summed E-state index contributed by atoms with van der Waals surface area (Å²) in [6.07, 6.45) is -4.13. The number of nitriles is 1. The van der Waals surface area contributed by atoms with E-state index in [1.54, 1.807) is 54.4 Å². The standard InChI is InChI=1S/C30H29F4N5O2/c1-20(40)37(2)26-12-13-38(19-26)14-15-39(29(41)36-24-8-11-28(31)27(17-24)30(32,33)34)25-9-6-22(7-10-25)23-5-3-4-21(16-23)18-35/h3-11,16-17,26H,12-15,19H2,1-2H3,(H,36,41)/t26-/m1/s1. The van der Waals surface area contributed by atoms with Crippen molar-refractivity contribution in [1.82, 2.24) is 9.80 Å². The number of anilines is 2. The number of halogens is 4. The Morgan fingerprint density at radius 2 is 1.80 bits per heavy atom. The van der Waals surface area contributed by atoms with Gasteiger partial charge >= 0.3 is 12.2 Å². The summed E-state index contributed by atoms with van der Waals surface area (Å²) < 4.78 is 53.5. The second-order valence-electron chi connectivity index (χ2n) is 9.89. The zero-order valence-electron chi connectivity index (χ0n) is 22.6. The van der Waals surface area contributed by atoms with Crippen LogP contribution < -0.4 is 10.2 Å². The Morgan fingerprint density at radius 1 is 1.07 bits per heavy atom. The van der Waals surface area contributed by atoms with Gasteiger partial charge in [-0.3, -0.25) is 14.6 Å². The summed E-state index contributed by atoms with van der Waals surface area (Å²) in [5, 5.41) is 11.7. The summed E-state index contributed by atoms with van der Waals surface area (Å²) in [6, 6.07) is 17.9. The number of urea groups is 1. The minimum atomic E-state index is -4.91. The fraction of sp³-hybridized carbons (Fsp3) is 0.300. The van der Waals surface area contributed by atoms with Crippen molar-refractivity contribution in [2.24, 2.45) is 0 Å². The molecule has 1 heterocycles. The van der Waals surface area contributed by atoms with Crippen molar-refractivity contribution >= 4 is 23.3 Å². The summed E-state index contributed by atoms with van der Waals surface area (Å²) in [7, 11) is 1.75. The molecule has 3 amide bonds. The molecule has 7 nitrogen and oxygen atoms in total. The van der Waals surface area contributed by atoms with Crippen LogP contribution in [0.3, 0.4) is 0 Å². The van der Waals surface area contributed by atoms with E-state index in [1.165, 1.54) is 11.8 Å². The van der Waals surface area contributed by atoms with Crippen LogP contribution in [-0.2, 0) is 11.0 Å². The normalized spacial score (nSPS) is 15.3. The topological polar surface area (TPSA) is 79.7 Å². The molecule has 1 aliphatic heterocycles. The SMILES string of the molecule is CC(=O)N(C)[C@@H]1CCN(CCN(C(=O)Nc2ccc(F)c(C(F)(F)F)c2)c2ccc(-c3cccc(C#N)c3)cc2)C1. The molecular formula is C30H29F4N5O2. The summed E-state index contributed by atoms with van der Waals surface area (Å²) in [6.45, 7) is 3.53. The van der Waals surface area contributed by atoms with Crippen LogP contribution >= 0.6 is 0 Å². The van der Waals surface area contributed by atoms with E-state index in [1.807, 2.05) is 6.07 Å². The Labute approximate surface area is 235 Å². The molecule has 4 rings (SSSR count). The van der Waals surface area contributed by atoms with Gasteiger partial charge in [-0.2, -0.15) is 18.4 Å². The number of amides is 3. The van der Waals surface area contributed by atoms with Crippen LogP contribution in [-0.4, -0.2) is 61.0 Å². The van der Waals surface area contributed by atoms with Gasteiger partial charge in [0.05, 0.1) is 17.2 Å². The van der Waals surface area contributed by atoms with E-state index < -0.39 is 23.6 Å². The molecule has 1 N–H and O–H groups in total. The molecular weight excluding hydrogens is 538 g/mol. The van der Waals surface area contributed by atoms with Crippen LogP contribution in [0.25, 0.3) is 11.1 Å². The molecule has 1 fully saturated rings. The molecule has 0 radical (unpaired) electrons. The highest BCUT2D eigenvalue weighted by molar-refractivity contribution is 6.02. The second kappa shape index (κ2) is 12.4. The molecule has 0 spiro atoms. The lowest BCUT2D eigenvalue weighted by Gasteiger charge is -2.27. The molecule has 3 aromatic carbocycles. The number of benzene rings is 3. The molecule has 1 atom stereocenters. The van der Waals surface area contributed by atoms with Gasteiger partial charge in [0.1, 0.15) is 5.82 Å². The Balaban J connectivity index is 1.56. The third-order valence-electron chi connectivity index (χ3n) is 7.20. The van der Waals surface area contributed by atoms with Gasteiger partial charge in [-0.25, -0.2) is 9.18 Å². The van der Waals surface area contributed by atoms with Crippen LogP contribution in [0, 0.1) is 17.1 Å². The minimum absolute atomic E-state index is 0.0317. The zero-order valence-corrected chi connectivity index (χ0v) is 22.6. The van der Waals surface area contributed by atoms with E-state index in [0.29, 0.717) is 36.5 Å². The average Bonchev–Trinajstić information content (AvgIpc) is 3.42. The van der Waals surface area contributed by atoms with Crippen LogP contribution in [0.15, 0.2) is 66.7 Å². The third-order valence-corrected chi connectivity index (χ3v) is 7.20. The van der Waals surface area contributed by atoms with Crippen molar-refractivity contribution in [3.8, 4) is 17.2 Å². The number of likely N-dealkylation sites (tertiary alicyclic amines) is 1. The maximum absolute atomic E-state index is 13.8. The maximum Gasteiger partial charge on any atom is 0.419 e. The number of carbonyl (C=O) groups excluding carboxylic acids is 2. The predicted molar refractivity (Wildman–Crippen MR) is 148 cm³/mol. The molecule has 1 aliphatic rings. The monoisotopic (exact) mass is 567 g/mol. The van der Waals surface area contributed by atoms with Crippen molar-refractivity contribution in [3.05, 3.63) is 83.7 Å². The maximum atomic E-state index is 13.8. The smallest absolute Gasteiger partial charge is 0.342 e. The Bertz CT molecular complexity index is 1450. The number of carbonyl (C=O) groups is 2. The van der Waals surface area contributed by atoms with E-state index >= 15 is 0 Å². The highest BCUT2D eigenvalue weighted by Crippen LogP contribution is 2.33. The highest BCUT2D eigenvalue weighted by Gasteiger charge is 2.34. The quantitative estimate of drug-likeness (QED) is 0.357. The third kappa shape index (κ3) is 7.21. The molecule has 0 aliphatic carbocycles. The van der Waals surface area contributed by atoms with E-state index in [-0.39, 0.29) is 24.2 Å². The summed E-state index contributed by atoms with van der Waals surface area (Å²) in [4.78, 5) is 30.4. The number of likely N-dealkylation sites (N-methyl/N-ethyl adjacent to an activating group) is 1. The van der Waals surface area contributed by atoms with Gasteiger partial charge < -0.3 is 10.2 Å². The predicted octanol–water partition coefficient (Wildman–Crippen LogP) is 5.97.